The third-order valence-electron chi connectivity index (χ3n) is 3.89. The Labute approximate surface area is 171 Å². The van der Waals surface area contributed by atoms with Gasteiger partial charge in [0.15, 0.2) is 0 Å². The molecular formula is C18H11ClF3N5O3. The molecule has 1 aromatic carbocycles. The molecule has 0 amide bonds. The van der Waals surface area contributed by atoms with Gasteiger partial charge in [-0.25, -0.2) is 10.1 Å². The summed E-state index contributed by atoms with van der Waals surface area (Å²) in [6.07, 6.45) is -3.76. The predicted octanol–water partition coefficient (Wildman–Crippen LogP) is 3.02. The van der Waals surface area contributed by atoms with Crippen LogP contribution in [0, 0.1) is 18.3 Å². The maximum absolute atomic E-state index is 12.9. The molecule has 0 spiro atoms. The maximum atomic E-state index is 12.9. The number of ether oxygens (including phenoxy) is 1. The monoisotopic (exact) mass is 437 g/mol. The zero-order chi connectivity index (χ0) is 22.1. The number of nitriles is 1. The zero-order valence-corrected chi connectivity index (χ0v) is 15.9. The van der Waals surface area contributed by atoms with Crippen LogP contribution in [-0.4, -0.2) is 19.7 Å². The lowest BCUT2D eigenvalue weighted by atomic mass is 10.2. The van der Waals surface area contributed by atoms with Crippen LogP contribution in [0.15, 0.2) is 40.2 Å². The van der Waals surface area contributed by atoms with Crippen LogP contribution in [0.25, 0.3) is 0 Å². The van der Waals surface area contributed by atoms with Gasteiger partial charge < -0.3 is 4.74 Å². The standard InChI is InChI=1S/C18H11ClF3N5O3/c1-9-15(30-13-3-10(6-23)2-11(19)4-13)17(29)27(8-24-9)7-12-5-14(18(20,21)22)16(28)26-25-12/h2-5,8H,7H2,1H3,(H,26,28). The number of rotatable bonds is 4. The first-order valence-electron chi connectivity index (χ1n) is 8.19. The van der Waals surface area contributed by atoms with E-state index in [1.807, 2.05) is 6.07 Å². The molecule has 0 fully saturated rings. The number of halogens is 4. The molecule has 0 saturated carbocycles. The summed E-state index contributed by atoms with van der Waals surface area (Å²) in [5.74, 6) is -0.0931. The van der Waals surface area contributed by atoms with Gasteiger partial charge >= 0.3 is 6.18 Å². The molecular weight excluding hydrogens is 427 g/mol. The smallest absolute Gasteiger partial charge is 0.421 e. The van der Waals surface area contributed by atoms with E-state index < -0.39 is 29.4 Å². The summed E-state index contributed by atoms with van der Waals surface area (Å²) >= 11 is 5.92. The highest BCUT2D eigenvalue weighted by Gasteiger charge is 2.34. The summed E-state index contributed by atoms with van der Waals surface area (Å²) in [6.45, 7) is 1.10. The van der Waals surface area contributed by atoms with Crippen LogP contribution < -0.4 is 15.9 Å². The van der Waals surface area contributed by atoms with Crippen LogP contribution in [0.4, 0.5) is 13.2 Å². The van der Waals surface area contributed by atoms with Gasteiger partial charge in [-0.2, -0.15) is 23.5 Å². The molecule has 1 N–H and O–H groups in total. The fraction of sp³-hybridized carbons (Fsp3) is 0.167. The molecule has 0 unspecified atom stereocenters. The van der Waals surface area contributed by atoms with Crippen molar-refractivity contribution in [3.05, 3.63) is 78.8 Å². The normalized spacial score (nSPS) is 11.2. The minimum atomic E-state index is -4.87. The summed E-state index contributed by atoms with van der Waals surface area (Å²) in [5.41, 5.74) is -3.33. The Hall–Kier alpha value is -3.65. The lowest BCUT2D eigenvalue weighted by Crippen LogP contribution is -2.27. The Morgan fingerprint density at radius 3 is 2.67 bits per heavy atom. The number of nitrogens with one attached hydrogen (secondary N) is 1. The van der Waals surface area contributed by atoms with E-state index in [1.54, 1.807) is 5.10 Å². The summed E-state index contributed by atoms with van der Waals surface area (Å²) in [7, 11) is 0. The fourth-order valence-corrected chi connectivity index (χ4v) is 2.73. The lowest BCUT2D eigenvalue weighted by molar-refractivity contribution is -0.138. The Kier molecular flexibility index (Phi) is 5.62. The van der Waals surface area contributed by atoms with Gasteiger partial charge in [0.2, 0.25) is 5.75 Å². The number of hydrogen-bond donors (Lipinski definition) is 1. The van der Waals surface area contributed by atoms with E-state index in [9.17, 15) is 22.8 Å². The van der Waals surface area contributed by atoms with Crippen LogP contribution in [-0.2, 0) is 12.7 Å². The molecule has 0 radical (unpaired) electrons. The van der Waals surface area contributed by atoms with Gasteiger partial charge in [0.05, 0.1) is 35.9 Å². The second-order valence-electron chi connectivity index (χ2n) is 6.08. The molecule has 2 heterocycles. The molecule has 0 aliphatic rings. The van der Waals surface area contributed by atoms with Crippen LogP contribution in [0.5, 0.6) is 11.5 Å². The van der Waals surface area contributed by atoms with Crippen molar-refractivity contribution < 1.29 is 17.9 Å². The summed E-state index contributed by atoms with van der Waals surface area (Å²) in [4.78, 5) is 28.1. The van der Waals surface area contributed by atoms with Crippen molar-refractivity contribution >= 4 is 11.6 Å². The largest absolute Gasteiger partial charge is 0.450 e. The number of H-pyrrole nitrogens is 1. The maximum Gasteiger partial charge on any atom is 0.421 e. The molecule has 0 bridgehead atoms. The second-order valence-corrected chi connectivity index (χ2v) is 6.52. The first-order valence-corrected chi connectivity index (χ1v) is 8.56. The Balaban J connectivity index is 1.98. The SMILES string of the molecule is Cc1ncn(Cc2cc(C(F)(F)F)c(=O)[nH]n2)c(=O)c1Oc1cc(Cl)cc(C#N)c1. The van der Waals surface area contributed by atoms with Gasteiger partial charge in [-0.15, -0.1) is 0 Å². The Morgan fingerprint density at radius 2 is 2.00 bits per heavy atom. The number of nitrogens with zero attached hydrogens (tertiary/aromatic N) is 4. The summed E-state index contributed by atoms with van der Waals surface area (Å²) in [5, 5.41) is 14.5. The zero-order valence-electron chi connectivity index (χ0n) is 15.1. The van der Waals surface area contributed by atoms with Crippen LogP contribution in [0.2, 0.25) is 5.02 Å². The number of aromatic amines is 1. The minimum absolute atomic E-state index is 0.111. The average Bonchev–Trinajstić information content (AvgIpc) is 2.67. The second kappa shape index (κ2) is 8.00. The van der Waals surface area contributed by atoms with Gasteiger partial charge in [0, 0.05) is 5.02 Å². The first kappa shape index (κ1) is 21.1. The van der Waals surface area contributed by atoms with Crippen molar-refractivity contribution in [1.82, 2.24) is 19.7 Å². The molecule has 3 rings (SSSR count). The van der Waals surface area contributed by atoms with Crippen molar-refractivity contribution in [2.24, 2.45) is 0 Å². The topological polar surface area (TPSA) is 114 Å². The van der Waals surface area contributed by atoms with E-state index in [2.05, 4.69) is 10.1 Å². The number of aryl methyl sites for hydroxylation is 1. The Bertz CT molecular complexity index is 1280. The fourth-order valence-electron chi connectivity index (χ4n) is 2.50. The molecule has 2 aromatic heterocycles. The number of aromatic nitrogens is 4. The highest BCUT2D eigenvalue weighted by molar-refractivity contribution is 6.30. The van der Waals surface area contributed by atoms with Crippen molar-refractivity contribution in [3.8, 4) is 17.6 Å². The molecule has 3 aromatic rings. The molecule has 154 valence electrons. The number of hydrogen-bond acceptors (Lipinski definition) is 6. The highest BCUT2D eigenvalue weighted by atomic mass is 35.5. The van der Waals surface area contributed by atoms with Crippen LogP contribution in [0.3, 0.4) is 0 Å². The number of alkyl halides is 3. The molecule has 0 atom stereocenters. The van der Waals surface area contributed by atoms with Gasteiger partial charge in [-0.05, 0) is 31.2 Å². The van der Waals surface area contributed by atoms with E-state index in [1.165, 1.54) is 25.1 Å². The van der Waals surface area contributed by atoms with Crippen LogP contribution >= 0.6 is 11.6 Å². The van der Waals surface area contributed by atoms with E-state index in [-0.39, 0.29) is 33.5 Å². The Morgan fingerprint density at radius 1 is 1.27 bits per heavy atom. The minimum Gasteiger partial charge on any atom is -0.450 e. The lowest BCUT2D eigenvalue weighted by Gasteiger charge is -2.12. The van der Waals surface area contributed by atoms with E-state index in [4.69, 9.17) is 21.6 Å². The van der Waals surface area contributed by atoms with E-state index in [0.717, 1.165) is 10.9 Å². The van der Waals surface area contributed by atoms with Gasteiger partial charge in [0.1, 0.15) is 11.3 Å². The molecule has 0 aliphatic heterocycles. The number of benzene rings is 1. The van der Waals surface area contributed by atoms with E-state index >= 15 is 0 Å². The molecule has 30 heavy (non-hydrogen) atoms. The predicted molar refractivity (Wildman–Crippen MR) is 98.4 cm³/mol. The quantitative estimate of drug-likeness (QED) is 0.671. The third kappa shape index (κ3) is 4.49. The highest BCUT2D eigenvalue weighted by Crippen LogP contribution is 2.27. The molecule has 0 saturated heterocycles. The van der Waals surface area contributed by atoms with Crippen molar-refractivity contribution in [2.45, 2.75) is 19.6 Å². The molecule has 0 aliphatic carbocycles. The van der Waals surface area contributed by atoms with Crippen molar-refractivity contribution in [2.75, 3.05) is 0 Å². The van der Waals surface area contributed by atoms with E-state index in [0.29, 0.717) is 6.07 Å². The van der Waals surface area contributed by atoms with Crippen LogP contribution in [0.1, 0.15) is 22.5 Å². The van der Waals surface area contributed by atoms with Gasteiger partial charge in [-0.1, -0.05) is 11.6 Å². The van der Waals surface area contributed by atoms with Crippen molar-refractivity contribution in [3.63, 3.8) is 0 Å². The summed E-state index contributed by atoms with van der Waals surface area (Å²) < 4.78 is 45.3. The molecule has 12 heteroatoms. The van der Waals surface area contributed by atoms with Crippen molar-refractivity contribution in [1.29, 1.82) is 5.26 Å². The molecule has 8 nitrogen and oxygen atoms in total. The first-order chi connectivity index (χ1) is 14.1. The third-order valence-corrected chi connectivity index (χ3v) is 4.11. The van der Waals surface area contributed by atoms with Gasteiger partial charge in [0.25, 0.3) is 11.1 Å². The van der Waals surface area contributed by atoms with Gasteiger partial charge in [-0.3, -0.25) is 14.2 Å². The average molecular weight is 438 g/mol. The summed E-state index contributed by atoms with van der Waals surface area (Å²) in [6, 6.07) is 6.61.